The van der Waals surface area contributed by atoms with Crippen molar-refractivity contribution in [1.29, 1.82) is 5.26 Å². The van der Waals surface area contributed by atoms with Crippen LogP contribution in [-0.4, -0.2) is 40.6 Å². The zero-order chi connectivity index (χ0) is 24.3. The lowest BCUT2D eigenvalue weighted by atomic mass is 9.76. The van der Waals surface area contributed by atoms with E-state index >= 15 is 0 Å². The molecule has 0 unspecified atom stereocenters. The van der Waals surface area contributed by atoms with Crippen LogP contribution >= 0.6 is 0 Å². The van der Waals surface area contributed by atoms with Crippen molar-refractivity contribution in [3.05, 3.63) is 95.6 Å². The number of carbonyl (C=O) groups excluding carboxylic acids is 1. The average Bonchev–Trinajstić information content (AvgIpc) is 2.83. The summed E-state index contributed by atoms with van der Waals surface area (Å²) in [5.74, 6) is -1.36. The number of nitriles is 1. The number of nitrogens with zero attached hydrogens (tertiary/aromatic N) is 2. The summed E-state index contributed by atoms with van der Waals surface area (Å²) in [6, 6.07) is 20.6. The minimum Gasteiger partial charge on any atom is -0.493 e. The second kappa shape index (κ2) is 12.3. The summed E-state index contributed by atoms with van der Waals surface area (Å²) in [6.45, 7) is 0.0541. The maximum absolute atomic E-state index is 14.0. The summed E-state index contributed by atoms with van der Waals surface area (Å²) in [4.78, 5) is 16.2. The van der Waals surface area contributed by atoms with Crippen molar-refractivity contribution in [2.24, 2.45) is 0 Å². The molecule has 2 aromatic carbocycles. The van der Waals surface area contributed by atoms with Crippen molar-refractivity contribution >= 4 is 24.7 Å². The lowest BCUT2D eigenvalue weighted by Gasteiger charge is -2.18. The molecule has 9 heteroatoms. The van der Waals surface area contributed by atoms with Gasteiger partial charge in [0.1, 0.15) is 23.3 Å². The summed E-state index contributed by atoms with van der Waals surface area (Å²) >= 11 is 0. The molecule has 34 heavy (non-hydrogen) atoms. The van der Waals surface area contributed by atoms with E-state index < -0.39 is 18.9 Å². The first kappa shape index (κ1) is 24.6. The largest absolute Gasteiger partial charge is 0.493 e. The Morgan fingerprint density at radius 3 is 2.68 bits per heavy atom. The molecule has 0 saturated carbocycles. The van der Waals surface area contributed by atoms with Crippen LogP contribution in [0.3, 0.4) is 0 Å². The molecule has 1 aromatic heterocycles. The number of amides is 1. The van der Waals surface area contributed by atoms with Crippen LogP contribution in [-0.2, 0) is 11.2 Å². The number of pyridine rings is 1. The van der Waals surface area contributed by atoms with Crippen molar-refractivity contribution in [2.75, 3.05) is 6.61 Å². The molecule has 0 aliphatic rings. The van der Waals surface area contributed by atoms with Crippen LogP contribution in [0.4, 0.5) is 4.39 Å². The highest BCUT2D eigenvalue weighted by Crippen LogP contribution is 2.21. The first-order valence-electron chi connectivity index (χ1n) is 10.6. The SMILES string of the molecule is N#CC(=Cc1cccc(OCCC(=O)N[C@@H](Cc2ccccc2)B(O)O)c1)c1ncccc1F. The Kier molecular flexibility index (Phi) is 8.92. The van der Waals surface area contributed by atoms with Gasteiger partial charge in [-0.05, 0) is 47.9 Å². The van der Waals surface area contributed by atoms with Crippen LogP contribution in [0.25, 0.3) is 11.6 Å². The number of ether oxygens (including phenoxy) is 1. The molecule has 0 aliphatic heterocycles. The lowest BCUT2D eigenvalue weighted by molar-refractivity contribution is -0.122. The number of carbonyl (C=O) groups is 1. The maximum Gasteiger partial charge on any atom is 0.475 e. The molecule has 3 rings (SSSR count). The van der Waals surface area contributed by atoms with Gasteiger partial charge in [0.05, 0.1) is 24.5 Å². The van der Waals surface area contributed by atoms with Crippen molar-refractivity contribution in [2.45, 2.75) is 18.8 Å². The number of allylic oxidation sites excluding steroid dienone is 1. The van der Waals surface area contributed by atoms with E-state index in [9.17, 15) is 24.5 Å². The minimum atomic E-state index is -1.70. The van der Waals surface area contributed by atoms with Crippen LogP contribution in [0.15, 0.2) is 72.9 Å². The predicted octanol–water partition coefficient (Wildman–Crippen LogP) is 2.79. The van der Waals surface area contributed by atoms with E-state index in [0.29, 0.717) is 11.3 Å². The second-order valence-electron chi connectivity index (χ2n) is 7.45. The standard InChI is InChI=1S/C25H23BFN3O4/c27-22-10-5-12-29-25(22)20(17-28)14-19-8-4-9-21(15-19)34-13-11-24(31)30-23(26(32)33)16-18-6-2-1-3-7-18/h1-10,12,14-15,23,32-33H,11,13,16H2,(H,30,31)/t23-/m0/s1. The fourth-order valence-electron chi connectivity index (χ4n) is 3.24. The normalized spacial score (nSPS) is 11.9. The highest BCUT2D eigenvalue weighted by atomic mass is 19.1. The smallest absolute Gasteiger partial charge is 0.475 e. The van der Waals surface area contributed by atoms with E-state index in [2.05, 4.69) is 10.3 Å². The third kappa shape index (κ3) is 7.27. The van der Waals surface area contributed by atoms with E-state index in [0.717, 1.165) is 5.56 Å². The monoisotopic (exact) mass is 459 g/mol. The van der Waals surface area contributed by atoms with Crippen LogP contribution in [0.1, 0.15) is 23.2 Å². The van der Waals surface area contributed by atoms with Crippen LogP contribution in [0, 0.1) is 17.1 Å². The summed E-state index contributed by atoms with van der Waals surface area (Å²) in [6.07, 6.45) is 3.19. The Balaban J connectivity index is 1.57. The van der Waals surface area contributed by atoms with Gasteiger partial charge in [0.25, 0.3) is 0 Å². The number of aromatic nitrogens is 1. The summed E-state index contributed by atoms with van der Waals surface area (Å²) in [5.41, 5.74) is 1.50. The van der Waals surface area contributed by atoms with E-state index in [1.54, 1.807) is 24.3 Å². The van der Waals surface area contributed by atoms with Crippen molar-refractivity contribution in [1.82, 2.24) is 10.3 Å². The van der Waals surface area contributed by atoms with Gasteiger partial charge in [-0.1, -0.05) is 42.5 Å². The molecule has 0 fully saturated rings. The van der Waals surface area contributed by atoms with E-state index in [1.165, 1.54) is 24.4 Å². The molecule has 0 saturated heterocycles. The van der Waals surface area contributed by atoms with E-state index in [1.807, 2.05) is 36.4 Å². The Hall–Kier alpha value is -4.00. The Morgan fingerprint density at radius 1 is 1.18 bits per heavy atom. The summed E-state index contributed by atoms with van der Waals surface area (Å²) in [7, 11) is -1.70. The van der Waals surface area contributed by atoms with Gasteiger partial charge in [0, 0.05) is 6.20 Å². The topological polar surface area (TPSA) is 115 Å². The van der Waals surface area contributed by atoms with Gasteiger partial charge < -0.3 is 20.1 Å². The molecule has 7 nitrogen and oxygen atoms in total. The quantitative estimate of drug-likeness (QED) is 0.317. The minimum absolute atomic E-state index is 0.000663. The number of nitrogens with one attached hydrogen (secondary N) is 1. The second-order valence-corrected chi connectivity index (χ2v) is 7.45. The van der Waals surface area contributed by atoms with E-state index in [4.69, 9.17) is 4.74 Å². The van der Waals surface area contributed by atoms with Crippen LogP contribution in [0.2, 0.25) is 0 Å². The fraction of sp³-hybridized carbons (Fsp3) is 0.160. The van der Waals surface area contributed by atoms with Gasteiger partial charge in [0.2, 0.25) is 5.91 Å². The molecule has 1 amide bonds. The fourth-order valence-corrected chi connectivity index (χ4v) is 3.24. The van der Waals surface area contributed by atoms with Crippen LogP contribution in [0.5, 0.6) is 5.75 Å². The Bertz CT molecular complexity index is 1180. The number of rotatable bonds is 10. The lowest BCUT2D eigenvalue weighted by Crippen LogP contribution is -2.48. The molecule has 0 spiro atoms. The molecule has 0 radical (unpaired) electrons. The van der Waals surface area contributed by atoms with Gasteiger partial charge >= 0.3 is 7.12 Å². The van der Waals surface area contributed by atoms with Gasteiger partial charge in [-0.2, -0.15) is 5.26 Å². The summed E-state index contributed by atoms with van der Waals surface area (Å²) < 4.78 is 19.6. The van der Waals surface area contributed by atoms with Gasteiger partial charge in [-0.3, -0.25) is 9.78 Å². The summed E-state index contributed by atoms with van der Waals surface area (Å²) in [5, 5.41) is 31.2. The van der Waals surface area contributed by atoms with Crippen molar-refractivity contribution < 1.29 is 24.0 Å². The van der Waals surface area contributed by atoms with Gasteiger partial charge in [-0.25, -0.2) is 4.39 Å². The number of halogens is 1. The molecule has 0 bridgehead atoms. The highest BCUT2D eigenvalue weighted by Gasteiger charge is 2.25. The molecular formula is C25H23BFN3O4. The Morgan fingerprint density at radius 2 is 1.97 bits per heavy atom. The zero-order valence-corrected chi connectivity index (χ0v) is 18.3. The molecule has 0 aliphatic carbocycles. The maximum atomic E-state index is 14.0. The van der Waals surface area contributed by atoms with Crippen molar-refractivity contribution in [3.8, 4) is 11.8 Å². The molecule has 3 N–H and O–H groups in total. The molecule has 3 aromatic rings. The third-order valence-electron chi connectivity index (χ3n) is 4.91. The average molecular weight is 459 g/mol. The van der Waals surface area contributed by atoms with Crippen molar-refractivity contribution in [3.63, 3.8) is 0 Å². The predicted molar refractivity (Wildman–Crippen MR) is 127 cm³/mol. The molecule has 1 atom stereocenters. The Labute approximate surface area is 197 Å². The number of hydrogen-bond donors (Lipinski definition) is 3. The van der Waals surface area contributed by atoms with Gasteiger partial charge in [0.15, 0.2) is 0 Å². The zero-order valence-electron chi connectivity index (χ0n) is 18.3. The molecule has 1 heterocycles. The van der Waals surface area contributed by atoms with E-state index in [-0.39, 0.29) is 36.6 Å². The number of hydrogen-bond acceptors (Lipinski definition) is 6. The first-order valence-corrected chi connectivity index (χ1v) is 10.6. The number of benzene rings is 2. The third-order valence-corrected chi connectivity index (χ3v) is 4.91. The first-order chi connectivity index (χ1) is 16.5. The molecule has 172 valence electrons. The van der Waals surface area contributed by atoms with Crippen LogP contribution < -0.4 is 10.1 Å². The van der Waals surface area contributed by atoms with Gasteiger partial charge in [-0.15, -0.1) is 0 Å². The highest BCUT2D eigenvalue weighted by molar-refractivity contribution is 6.43. The molecular weight excluding hydrogens is 436 g/mol.